The number of phenolic OH excluding ortho intramolecular Hbond substituents is 1. The predicted molar refractivity (Wildman–Crippen MR) is 101 cm³/mol. The smallest absolute Gasteiger partial charge is 0.408 e. The van der Waals surface area contributed by atoms with Crippen LogP contribution in [0, 0.1) is 0 Å². The number of nitrogens with one attached hydrogen (secondary N) is 2. The minimum atomic E-state index is -0.951. The molecule has 0 fully saturated rings. The Kier molecular flexibility index (Phi) is 7.63. The summed E-state index contributed by atoms with van der Waals surface area (Å²) in [4.78, 5) is 38.1. The predicted octanol–water partition coefficient (Wildman–Crippen LogP) is 1.94. The molecule has 1 atom stereocenters. The second kappa shape index (κ2) is 9.25. The molecule has 0 aliphatic rings. The third kappa shape index (κ3) is 7.55. The summed E-state index contributed by atoms with van der Waals surface area (Å²) < 4.78 is 5.10. The molecule has 0 saturated carbocycles. The Morgan fingerprint density at radius 1 is 1.22 bits per heavy atom. The first-order chi connectivity index (χ1) is 12.4. The molecule has 0 spiro atoms. The van der Waals surface area contributed by atoms with Crippen molar-refractivity contribution in [3.8, 4) is 5.75 Å². The van der Waals surface area contributed by atoms with Crippen molar-refractivity contribution in [3.63, 3.8) is 0 Å². The van der Waals surface area contributed by atoms with Crippen LogP contribution in [0.15, 0.2) is 24.3 Å². The Morgan fingerprint density at radius 2 is 1.85 bits per heavy atom. The summed E-state index contributed by atoms with van der Waals surface area (Å²) in [6.07, 6.45) is -0.718. The number of nitrogens with zero attached hydrogens (tertiary/aromatic N) is 1. The van der Waals surface area contributed by atoms with Crippen LogP contribution in [0.1, 0.15) is 46.2 Å². The van der Waals surface area contributed by atoms with Crippen LogP contribution in [-0.2, 0) is 14.3 Å². The minimum absolute atomic E-state index is 0.0115. The second-order valence-electron chi connectivity index (χ2n) is 7.52. The maximum Gasteiger partial charge on any atom is 0.408 e. The number of phenols is 1. The van der Waals surface area contributed by atoms with Gasteiger partial charge in [0.2, 0.25) is 11.8 Å². The Bertz CT molecular complexity index is 682. The third-order valence-electron chi connectivity index (χ3n) is 3.43. The molecule has 0 heterocycles. The molecule has 8 nitrogen and oxygen atoms in total. The Labute approximate surface area is 159 Å². The van der Waals surface area contributed by atoms with Crippen LogP contribution >= 0.6 is 0 Å². The Morgan fingerprint density at radius 3 is 2.37 bits per heavy atom. The number of aromatic hydroxyl groups is 1. The highest BCUT2D eigenvalue weighted by Gasteiger charge is 2.29. The van der Waals surface area contributed by atoms with E-state index in [2.05, 4.69) is 10.6 Å². The van der Waals surface area contributed by atoms with Gasteiger partial charge in [0.05, 0.1) is 0 Å². The van der Waals surface area contributed by atoms with Crippen LogP contribution in [0.25, 0.3) is 0 Å². The van der Waals surface area contributed by atoms with E-state index in [0.29, 0.717) is 5.56 Å². The average Bonchev–Trinajstić information content (AvgIpc) is 2.50. The zero-order chi connectivity index (χ0) is 20.8. The average molecular weight is 379 g/mol. The lowest BCUT2D eigenvalue weighted by Crippen LogP contribution is -2.47. The number of benzene rings is 1. The van der Waals surface area contributed by atoms with Gasteiger partial charge in [0.15, 0.2) is 0 Å². The summed E-state index contributed by atoms with van der Waals surface area (Å²) in [5.41, 5.74) is -0.221. The second-order valence-corrected chi connectivity index (χ2v) is 7.52. The van der Waals surface area contributed by atoms with Gasteiger partial charge in [-0.1, -0.05) is 12.1 Å². The van der Waals surface area contributed by atoms with Crippen molar-refractivity contribution < 1.29 is 24.2 Å². The number of rotatable bonds is 6. The zero-order valence-corrected chi connectivity index (χ0v) is 16.7. The van der Waals surface area contributed by atoms with Crippen molar-refractivity contribution in [1.82, 2.24) is 15.5 Å². The summed E-state index contributed by atoms with van der Waals surface area (Å²) in [5.74, 6) is -0.876. The van der Waals surface area contributed by atoms with Crippen LogP contribution in [0.3, 0.4) is 0 Å². The molecule has 0 aromatic heterocycles. The summed E-state index contributed by atoms with van der Waals surface area (Å²) in [6, 6.07) is 5.07. The van der Waals surface area contributed by atoms with Gasteiger partial charge < -0.3 is 25.4 Å². The van der Waals surface area contributed by atoms with E-state index < -0.39 is 23.6 Å². The molecule has 3 N–H and O–H groups in total. The van der Waals surface area contributed by atoms with Crippen molar-refractivity contribution in [1.29, 1.82) is 0 Å². The Balaban J connectivity index is 2.92. The molecule has 0 aliphatic heterocycles. The van der Waals surface area contributed by atoms with Crippen molar-refractivity contribution >= 4 is 17.9 Å². The molecule has 1 aromatic carbocycles. The van der Waals surface area contributed by atoms with E-state index in [9.17, 15) is 19.5 Å². The molecular formula is C19H29N3O5. The number of likely N-dealkylation sites (N-methyl/N-ethyl adjacent to an activating group) is 1. The molecule has 0 bridgehead atoms. The maximum absolute atomic E-state index is 12.6. The van der Waals surface area contributed by atoms with Crippen LogP contribution < -0.4 is 10.6 Å². The van der Waals surface area contributed by atoms with Crippen LogP contribution in [0.5, 0.6) is 5.75 Å². The summed E-state index contributed by atoms with van der Waals surface area (Å²) in [6.45, 7) is 8.44. The molecule has 27 heavy (non-hydrogen) atoms. The molecule has 0 radical (unpaired) electrons. The number of hydrogen-bond donors (Lipinski definition) is 3. The van der Waals surface area contributed by atoms with Gasteiger partial charge in [0.1, 0.15) is 23.9 Å². The molecular weight excluding hydrogens is 350 g/mol. The largest absolute Gasteiger partial charge is 0.508 e. The number of hydrogen-bond acceptors (Lipinski definition) is 5. The van der Waals surface area contributed by atoms with Gasteiger partial charge in [-0.3, -0.25) is 9.59 Å². The number of carbonyl (C=O) groups is 3. The first-order valence-electron chi connectivity index (χ1n) is 8.72. The fourth-order valence-corrected chi connectivity index (χ4v) is 2.34. The normalized spacial score (nSPS) is 12.3. The van der Waals surface area contributed by atoms with Gasteiger partial charge >= 0.3 is 6.09 Å². The monoisotopic (exact) mass is 379 g/mol. The van der Waals surface area contributed by atoms with E-state index in [0.717, 1.165) is 0 Å². The van der Waals surface area contributed by atoms with Gasteiger partial charge in [0, 0.05) is 13.1 Å². The van der Waals surface area contributed by atoms with Crippen LogP contribution in [0.2, 0.25) is 0 Å². The number of carbonyl (C=O) groups excluding carboxylic acids is 3. The molecule has 0 saturated heterocycles. The fraction of sp³-hybridized carbons (Fsp3) is 0.526. The molecule has 8 heteroatoms. The van der Waals surface area contributed by atoms with Gasteiger partial charge in [0.25, 0.3) is 0 Å². The maximum atomic E-state index is 12.6. The van der Waals surface area contributed by atoms with Crippen molar-refractivity contribution in [2.75, 3.05) is 13.6 Å². The van der Waals surface area contributed by atoms with Crippen LogP contribution in [0.4, 0.5) is 4.79 Å². The number of amides is 3. The highest BCUT2D eigenvalue weighted by Crippen LogP contribution is 2.23. The number of ether oxygens (including phenoxy) is 1. The molecule has 1 unspecified atom stereocenters. The number of alkyl carbamates (subject to hydrolysis) is 1. The fourth-order valence-electron chi connectivity index (χ4n) is 2.34. The minimum Gasteiger partial charge on any atom is -0.508 e. The van der Waals surface area contributed by atoms with E-state index in [-0.39, 0.29) is 24.2 Å². The molecule has 3 amide bonds. The van der Waals surface area contributed by atoms with Gasteiger partial charge in [-0.25, -0.2) is 4.79 Å². The van der Waals surface area contributed by atoms with Crippen molar-refractivity contribution in [2.24, 2.45) is 0 Å². The summed E-state index contributed by atoms with van der Waals surface area (Å²) in [7, 11) is 1.47. The Hall–Kier alpha value is -2.77. The first-order valence-corrected chi connectivity index (χ1v) is 8.72. The van der Waals surface area contributed by atoms with E-state index in [1.807, 2.05) is 13.8 Å². The summed E-state index contributed by atoms with van der Waals surface area (Å²) in [5, 5.41) is 14.9. The highest BCUT2D eigenvalue weighted by molar-refractivity contribution is 5.90. The molecule has 1 rings (SSSR count). The van der Waals surface area contributed by atoms with Gasteiger partial charge in [-0.15, -0.1) is 0 Å². The molecule has 0 aliphatic carbocycles. The van der Waals surface area contributed by atoms with Crippen molar-refractivity contribution in [2.45, 2.75) is 52.3 Å². The lowest BCUT2D eigenvalue weighted by Gasteiger charge is -2.29. The molecule has 150 valence electrons. The molecule has 1 aromatic rings. The quantitative estimate of drug-likeness (QED) is 0.700. The van der Waals surface area contributed by atoms with Gasteiger partial charge in [-0.2, -0.15) is 0 Å². The highest BCUT2D eigenvalue weighted by atomic mass is 16.6. The van der Waals surface area contributed by atoms with Gasteiger partial charge in [-0.05, 0) is 52.3 Å². The SMILES string of the molecule is CC(C)NC(=O)C(c1cccc(O)c1)N(C)C(=O)CNC(=O)OC(C)(C)C. The van der Waals surface area contributed by atoms with Crippen LogP contribution in [-0.4, -0.2) is 53.1 Å². The van der Waals surface area contributed by atoms with Crippen molar-refractivity contribution in [3.05, 3.63) is 29.8 Å². The van der Waals surface area contributed by atoms with E-state index in [4.69, 9.17) is 4.74 Å². The first kappa shape index (κ1) is 22.3. The standard InChI is InChI=1S/C19H29N3O5/c1-12(2)21-17(25)16(13-8-7-9-14(23)10-13)22(6)15(24)11-20-18(26)27-19(3,4)5/h7-10,12,16,23H,11H2,1-6H3,(H,20,26)(H,21,25). The lowest BCUT2D eigenvalue weighted by molar-refractivity contribution is -0.138. The zero-order valence-electron chi connectivity index (χ0n) is 16.7. The topological polar surface area (TPSA) is 108 Å². The third-order valence-corrected chi connectivity index (χ3v) is 3.43. The summed E-state index contributed by atoms with van der Waals surface area (Å²) >= 11 is 0. The van der Waals surface area contributed by atoms with E-state index in [1.54, 1.807) is 32.9 Å². The van der Waals surface area contributed by atoms with E-state index >= 15 is 0 Å². The van der Waals surface area contributed by atoms with E-state index in [1.165, 1.54) is 24.1 Å². The lowest BCUT2D eigenvalue weighted by atomic mass is 10.0.